The van der Waals surface area contributed by atoms with Crippen molar-refractivity contribution in [3.63, 3.8) is 0 Å². The van der Waals surface area contributed by atoms with Crippen molar-refractivity contribution in [2.24, 2.45) is 0 Å². The molecule has 0 radical (unpaired) electrons. The zero-order valence-corrected chi connectivity index (χ0v) is 5.60. The summed E-state index contributed by atoms with van der Waals surface area (Å²) in [6, 6.07) is 0.670. The van der Waals surface area contributed by atoms with Gasteiger partial charge in [0.2, 0.25) is 0 Å². The summed E-state index contributed by atoms with van der Waals surface area (Å²) >= 11 is 0. The monoisotopic (exact) mass is 127 g/mol. The van der Waals surface area contributed by atoms with Gasteiger partial charge in [-0.3, -0.25) is 0 Å². The Bertz CT molecular complexity index is 79.6. The first-order chi connectivity index (χ1) is 4.45. The number of nitrogens with one attached hydrogen (secondary N) is 1. The number of fused-ring (bicyclic) bond motifs is 4. The molecule has 3 aliphatic heterocycles. The van der Waals surface area contributed by atoms with Crippen LogP contribution in [0.15, 0.2) is 0 Å². The third-order valence-electron chi connectivity index (χ3n) is 2.25. The summed E-state index contributed by atoms with van der Waals surface area (Å²) in [4.78, 5) is 0. The lowest BCUT2D eigenvalue weighted by Gasteiger charge is -2.25. The maximum atomic E-state index is 5.54. The summed E-state index contributed by atoms with van der Waals surface area (Å²) < 4.78 is 5.54. The molecule has 2 atom stereocenters. The van der Waals surface area contributed by atoms with E-state index in [4.69, 9.17) is 4.74 Å². The molecule has 0 spiro atoms. The molecule has 52 valence electrons. The van der Waals surface area contributed by atoms with Crippen molar-refractivity contribution >= 4 is 0 Å². The maximum Gasteiger partial charge on any atom is 0.0700 e. The summed E-state index contributed by atoms with van der Waals surface area (Å²) in [5.74, 6) is 0. The Morgan fingerprint density at radius 3 is 3.11 bits per heavy atom. The van der Waals surface area contributed by atoms with Crippen molar-refractivity contribution in [1.29, 1.82) is 0 Å². The summed E-state index contributed by atoms with van der Waals surface area (Å²) in [7, 11) is 0. The second-order valence-corrected chi connectivity index (χ2v) is 2.99. The van der Waals surface area contributed by atoms with Crippen LogP contribution in [0.3, 0.4) is 0 Å². The number of rotatable bonds is 0. The van der Waals surface area contributed by atoms with Gasteiger partial charge in [-0.2, -0.15) is 0 Å². The van der Waals surface area contributed by atoms with Crippen LogP contribution in [0.4, 0.5) is 0 Å². The molecule has 1 N–H and O–H groups in total. The van der Waals surface area contributed by atoms with Crippen LogP contribution in [0.1, 0.15) is 19.3 Å². The van der Waals surface area contributed by atoms with Crippen molar-refractivity contribution in [1.82, 2.24) is 5.32 Å². The molecule has 0 unspecified atom stereocenters. The largest absolute Gasteiger partial charge is 0.375 e. The van der Waals surface area contributed by atoms with Gasteiger partial charge in [0.25, 0.3) is 0 Å². The van der Waals surface area contributed by atoms with Gasteiger partial charge in [0, 0.05) is 12.6 Å². The number of hydrogen-bond donors (Lipinski definition) is 1. The van der Waals surface area contributed by atoms with Crippen molar-refractivity contribution in [3.05, 3.63) is 0 Å². The van der Waals surface area contributed by atoms with Gasteiger partial charge in [0.1, 0.15) is 0 Å². The van der Waals surface area contributed by atoms with E-state index in [9.17, 15) is 0 Å². The lowest BCUT2D eigenvalue weighted by molar-refractivity contribution is 0.0168. The van der Waals surface area contributed by atoms with Gasteiger partial charge in [0.15, 0.2) is 0 Å². The van der Waals surface area contributed by atoms with Crippen LogP contribution in [0.25, 0.3) is 0 Å². The minimum absolute atomic E-state index is 0.531. The Morgan fingerprint density at radius 2 is 2.33 bits per heavy atom. The van der Waals surface area contributed by atoms with Gasteiger partial charge >= 0.3 is 0 Å². The van der Waals surface area contributed by atoms with Gasteiger partial charge in [-0.25, -0.2) is 0 Å². The van der Waals surface area contributed by atoms with Crippen LogP contribution in [0, 0.1) is 0 Å². The molecule has 0 aromatic carbocycles. The molecule has 0 aromatic heterocycles. The molecule has 2 bridgehead atoms. The fourth-order valence-corrected chi connectivity index (χ4v) is 1.63. The predicted octanol–water partition coefficient (Wildman–Crippen LogP) is 0.527. The van der Waals surface area contributed by atoms with Gasteiger partial charge in [-0.05, 0) is 19.3 Å². The molecule has 2 nitrogen and oxygen atoms in total. The van der Waals surface area contributed by atoms with Gasteiger partial charge in [-0.1, -0.05) is 0 Å². The smallest absolute Gasteiger partial charge is 0.0700 e. The van der Waals surface area contributed by atoms with E-state index >= 15 is 0 Å². The molecule has 3 aliphatic rings. The first-order valence-electron chi connectivity index (χ1n) is 3.80. The van der Waals surface area contributed by atoms with Crippen molar-refractivity contribution in [2.45, 2.75) is 31.4 Å². The Balaban J connectivity index is 2.03. The molecule has 0 aromatic rings. The second kappa shape index (κ2) is 2.27. The maximum absolute atomic E-state index is 5.54. The molecule has 3 rings (SSSR count). The summed E-state index contributed by atoms with van der Waals surface area (Å²) in [6.45, 7) is 2.04. The molecule has 0 saturated carbocycles. The fraction of sp³-hybridized carbons (Fsp3) is 1.00. The van der Waals surface area contributed by atoms with Crippen LogP contribution in [0.5, 0.6) is 0 Å². The highest BCUT2D eigenvalue weighted by Crippen LogP contribution is 2.17. The van der Waals surface area contributed by atoms with E-state index in [1.807, 2.05) is 0 Å². The van der Waals surface area contributed by atoms with E-state index in [0.29, 0.717) is 12.1 Å². The van der Waals surface area contributed by atoms with Crippen molar-refractivity contribution in [3.8, 4) is 0 Å². The highest BCUT2D eigenvalue weighted by molar-refractivity contribution is 4.80. The standard InChI is InChI=1S/C7H13NO/c1-2-6-5-9-7(3-1)4-8-6/h6-8H,1-5H2/t6-,7+/m1/s1. The Kier molecular flexibility index (Phi) is 1.44. The van der Waals surface area contributed by atoms with Crippen LogP contribution in [-0.4, -0.2) is 25.3 Å². The molecule has 2 heteroatoms. The van der Waals surface area contributed by atoms with E-state index in [-0.39, 0.29) is 0 Å². The minimum Gasteiger partial charge on any atom is -0.375 e. The first-order valence-corrected chi connectivity index (χ1v) is 3.80. The Hall–Kier alpha value is -0.0800. The Labute approximate surface area is 55.6 Å². The third-order valence-corrected chi connectivity index (χ3v) is 2.25. The van der Waals surface area contributed by atoms with Crippen LogP contribution < -0.4 is 5.32 Å². The highest BCUT2D eigenvalue weighted by atomic mass is 16.5. The van der Waals surface area contributed by atoms with Gasteiger partial charge in [0.05, 0.1) is 12.7 Å². The molecule has 0 aliphatic carbocycles. The van der Waals surface area contributed by atoms with Crippen LogP contribution in [-0.2, 0) is 4.74 Å². The van der Waals surface area contributed by atoms with E-state index in [0.717, 1.165) is 13.2 Å². The number of ether oxygens (including phenoxy) is 1. The van der Waals surface area contributed by atoms with Crippen molar-refractivity contribution in [2.75, 3.05) is 13.2 Å². The molecular weight excluding hydrogens is 114 g/mol. The molecule has 3 heterocycles. The normalized spacial score (nSPS) is 42.7. The van der Waals surface area contributed by atoms with Crippen molar-refractivity contribution < 1.29 is 4.74 Å². The van der Waals surface area contributed by atoms with E-state index < -0.39 is 0 Å². The summed E-state index contributed by atoms with van der Waals surface area (Å²) in [6.07, 6.45) is 4.46. The molecule has 9 heavy (non-hydrogen) atoms. The van der Waals surface area contributed by atoms with E-state index in [1.165, 1.54) is 19.3 Å². The SMILES string of the molecule is C1C[C@@H]2CO[C@@H](C1)CN2. The quantitative estimate of drug-likeness (QED) is 0.512. The average Bonchev–Trinajstić information content (AvgIpc) is 2.21. The van der Waals surface area contributed by atoms with Crippen LogP contribution >= 0.6 is 0 Å². The summed E-state index contributed by atoms with van der Waals surface area (Å²) in [5.41, 5.74) is 0. The van der Waals surface area contributed by atoms with E-state index in [1.54, 1.807) is 0 Å². The molecule has 3 saturated heterocycles. The van der Waals surface area contributed by atoms with Crippen LogP contribution in [0.2, 0.25) is 0 Å². The third kappa shape index (κ3) is 1.10. The zero-order chi connectivity index (χ0) is 6.10. The Morgan fingerprint density at radius 1 is 1.33 bits per heavy atom. The number of hydrogen-bond acceptors (Lipinski definition) is 2. The lowest BCUT2D eigenvalue weighted by Crippen LogP contribution is -2.43. The predicted molar refractivity (Wildman–Crippen MR) is 35.4 cm³/mol. The molecular formula is C7H13NO. The summed E-state index contributed by atoms with van der Waals surface area (Å²) in [5, 5.41) is 3.46. The fourth-order valence-electron chi connectivity index (χ4n) is 1.63. The topological polar surface area (TPSA) is 21.3 Å². The van der Waals surface area contributed by atoms with E-state index in [2.05, 4.69) is 5.32 Å². The second-order valence-electron chi connectivity index (χ2n) is 2.99. The van der Waals surface area contributed by atoms with Gasteiger partial charge < -0.3 is 10.1 Å². The average molecular weight is 127 g/mol. The highest BCUT2D eigenvalue weighted by Gasteiger charge is 2.24. The molecule has 0 amide bonds. The number of morpholine rings is 1. The minimum atomic E-state index is 0.531. The lowest BCUT2D eigenvalue weighted by atomic mass is 10.1. The van der Waals surface area contributed by atoms with Gasteiger partial charge in [-0.15, -0.1) is 0 Å². The first kappa shape index (κ1) is 5.69. The zero-order valence-electron chi connectivity index (χ0n) is 5.60. The molecule has 3 fully saturated rings.